The van der Waals surface area contributed by atoms with E-state index in [2.05, 4.69) is 108 Å². The minimum atomic E-state index is -2.20. The molecule has 0 saturated heterocycles. The fourth-order valence-electron chi connectivity index (χ4n) is 6.95. The van der Waals surface area contributed by atoms with Crippen molar-refractivity contribution in [2.45, 2.75) is 143 Å². The van der Waals surface area contributed by atoms with Crippen LogP contribution < -0.4 is 13.6 Å². The Morgan fingerprint density at radius 3 is 2.00 bits per heavy atom. The Labute approximate surface area is 246 Å². The molecule has 0 aromatic heterocycles. The van der Waals surface area contributed by atoms with Crippen LogP contribution in [0.3, 0.4) is 0 Å². The first kappa shape index (κ1) is 31.0. The number of hydrogen-bond acceptors (Lipinski definition) is 3. The fourth-order valence-corrected chi connectivity index (χ4v) is 9.32. The van der Waals surface area contributed by atoms with Gasteiger partial charge in [0.2, 0.25) is 0 Å². The standard InChI is InChI=1S/C33H55ClO3Si2/c1-29(2,3)38(11,12)36-24-21-23-22(27(34)28(24)37-39(13,14)30(4,5)6)20-26-32(9)18-15-17-31(7,8)25(32)16-19-33(26,10)35-23/h20-21,25H,15-19H2,1-14H3/t25-,32-,33-/m0/s1. The van der Waals surface area contributed by atoms with Crippen LogP contribution >= 0.6 is 11.6 Å². The lowest BCUT2D eigenvalue weighted by Gasteiger charge is -2.60. The van der Waals surface area contributed by atoms with Crippen molar-refractivity contribution in [1.29, 1.82) is 0 Å². The molecule has 1 heterocycles. The number of fused-ring (bicyclic) bond motifs is 4. The zero-order valence-corrected chi connectivity index (χ0v) is 30.1. The molecule has 4 rings (SSSR count). The largest absolute Gasteiger partial charge is 0.541 e. The predicted octanol–water partition coefficient (Wildman–Crippen LogP) is 11.3. The highest BCUT2D eigenvalue weighted by molar-refractivity contribution is 6.75. The first-order valence-corrected chi connectivity index (χ1v) is 21.3. The van der Waals surface area contributed by atoms with Gasteiger partial charge in [-0.1, -0.05) is 80.3 Å². The van der Waals surface area contributed by atoms with E-state index in [9.17, 15) is 0 Å². The van der Waals surface area contributed by atoms with Gasteiger partial charge in [-0.3, -0.25) is 0 Å². The Morgan fingerprint density at radius 1 is 0.872 bits per heavy atom. The zero-order valence-electron chi connectivity index (χ0n) is 27.4. The van der Waals surface area contributed by atoms with Crippen LogP contribution in [0, 0.1) is 16.7 Å². The fraction of sp³-hybridized carbons (Fsp3) is 0.758. The molecule has 3 nitrogen and oxygen atoms in total. The topological polar surface area (TPSA) is 27.7 Å². The lowest BCUT2D eigenvalue weighted by atomic mass is 9.47. The van der Waals surface area contributed by atoms with Crippen molar-refractivity contribution in [3.8, 4) is 17.2 Å². The summed E-state index contributed by atoms with van der Waals surface area (Å²) in [6.45, 7) is 32.5. The molecule has 1 aromatic rings. The molecule has 0 unspecified atom stereocenters. The third-order valence-corrected chi connectivity index (χ3v) is 20.5. The summed E-state index contributed by atoms with van der Waals surface area (Å²) in [5.74, 6) is 2.93. The molecule has 3 aliphatic rings. The summed E-state index contributed by atoms with van der Waals surface area (Å²) in [5, 5.41) is 0.720. The predicted molar refractivity (Wildman–Crippen MR) is 173 cm³/mol. The van der Waals surface area contributed by atoms with Gasteiger partial charge in [0.25, 0.3) is 16.6 Å². The highest BCUT2D eigenvalue weighted by atomic mass is 35.5. The van der Waals surface area contributed by atoms with E-state index in [1.165, 1.54) is 31.3 Å². The third-order valence-electron chi connectivity index (χ3n) is 11.5. The second kappa shape index (κ2) is 9.29. The van der Waals surface area contributed by atoms with E-state index < -0.39 is 16.6 Å². The van der Waals surface area contributed by atoms with Crippen LogP contribution in [0.25, 0.3) is 6.08 Å². The summed E-state index contributed by atoms with van der Waals surface area (Å²) in [6.07, 6.45) is 8.38. The van der Waals surface area contributed by atoms with Gasteiger partial charge >= 0.3 is 0 Å². The Kier molecular flexibility index (Phi) is 7.39. The van der Waals surface area contributed by atoms with Crippen molar-refractivity contribution in [3.05, 3.63) is 22.2 Å². The van der Waals surface area contributed by atoms with Gasteiger partial charge in [-0.2, -0.15) is 0 Å². The smallest absolute Gasteiger partial charge is 0.250 e. The molecule has 1 aliphatic heterocycles. The lowest BCUT2D eigenvalue weighted by Crippen LogP contribution is -2.55. The molecule has 39 heavy (non-hydrogen) atoms. The first-order chi connectivity index (χ1) is 17.5. The molecule has 2 saturated carbocycles. The first-order valence-electron chi connectivity index (χ1n) is 15.1. The summed E-state index contributed by atoms with van der Waals surface area (Å²) >= 11 is 7.39. The molecular weight excluding hydrogens is 536 g/mol. The molecular formula is C33H55ClO3Si2. The molecule has 0 spiro atoms. The number of halogens is 1. The number of ether oxygens (including phenoxy) is 1. The monoisotopic (exact) mass is 590 g/mol. The average Bonchev–Trinajstić information content (AvgIpc) is 2.73. The molecule has 2 fully saturated rings. The van der Waals surface area contributed by atoms with Crippen LogP contribution in [-0.4, -0.2) is 22.2 Å². The van der Waals surface area contributed by atoms with E-state index in [0.29, 0.717) is 22.1 Å². The average molecular weight is 591 g/mol. The molecule has 2 aliphatic carbocycles. The van der Waals surface area contributed by atoms with Crippen LogP contribution in [-0.2, 0) is 0 Å². The third kappa shape index (κ3) is 5.16. The van der Waals surface area contributed by atoms with Crippen molar-refractivity contribution in [2.75, 3.05) is 0 Å². The van der Waals surface area contributed by atoms with E-state index in [1.807, 2.05) is 0 Å². The van der Waals surface area contributed by atoms with Crippen LogP contribution in [0.1, 0.15) is 107 Å². The van der Waals surface area contributed by atoms with Crippen molar-refractivity contribution in [3.63, 3.8) is 0 Å². The van der Waals surface area contributed by atoms with Gasteiger partial charge in [-0.15, -0.1) is 0 Å². The quantitative estimate of drug-likeness (QED) is 0.326. The summed E-state index contributed by atoms with van der Waals surface area (Å²) in [4.78, 5) is 0. The zero-order chi connectivity index (χ0) is 29.6. The molecule has 3 atom stereocenters. The summed E-state index contributed by atoms with van der Waals surface area (Å²) < 4.78 is 21.0. The van der Waals surface area contributed by atoms with Crippen molar-refractivity contribution in [2.24, 2.45) is 16.7 Å². The van der Waals surface area contributed by atoms with Crippen LogP contribution in [0.5, 0.6) is 17.2 Å². The molecule has 0 radical (unpaired) electrons. The van der Waals surface area contributed by atoms with Crippen molar-refractivity contribution >= 4 is 34.3 Å². The van der Waals surface area contributed by atoms with E-state index in [-0.39, 0.29) is 21.1 Å². The van der Waals surface area contributed by atoms with Gasteiger partial charge in [-0.25, -0.2) is 0 Å². The van der Waals surface area contributed by atoms with Crippen molar-refractivity contribution in [1.82, 2.24) is 0 Å². The highest BCUT2D eigenvalue weighted by Gasteiger charge is 2.57. The van der Waals surface area contributed by atoms with Crippen molar-refractivity contribution < 1.29 is 13.6 Å². The van der Waals surface area contributed by atoms with Gasteiger partial charge in [0.1, 0.15) is 11.4 Å². The van der Waals surface area contributed by atoms with E-state index in [1.54, 1.807) is 0 Å². The maximum Gasteiger partial charge on any atom is 0.250 e. The SMILES string of the molecule is CC1(C)CCC[C@]2(C)C3=Cc4c(cc(O[Si](C)(C)C(C)(C)C)c(O[Si](C)(C)C(C)(C)C)c4Cl)O[C@@]3(C)CC[C@@H]12. The minimum Gasteiger partial charge on any atom is -0.541 e. The molecule has 0 amide bonds. The normalized spacial score (nSPS) is 28.9. The van der Waals surface area contributed by atoms with Gasteiger partial charge in [0.15, 0.2) is 11.5 Å². The van der Waals surface area contributed by atoms with E-state index >= 15 is 0 Å². The van der Waals surface area contributed by atoms with Gasteiger partial charge in [-0.05, 0) is 97.3 Å². The van der Waals surface area contributed by atoms with Gasteiger partial charge in [0.05, 0.1) is 5.02 Å². The highest BCUT2D eigenvalue weighted by Crippen LogP contribution is 2.65. The second-order valence-corrected chi connectivity index (χ2v) is 26.7. The summed E-state index contributed by atoms with van der Waals surface area (Å²) in [6, 6.07) is 2.10. The van der Waals surface area contributed by atoms with Gasteiger partial charge < -0.3 is 13.6 Å². The Bertz CT molecular complexity index is 1170. The Hall–Kier alpha value is -0.916. The molecule has 220 valence electrons. The summed E-state index contributed by atoms with van der Waals surface area (Å²) in [5.41, 5.74) is 2.49. The second-order valence-electron chi connectivity index (χ2n) is 16.9. The van der Waals surface area contributed by atoms with Gasteiger partial charge in [0, 0.05) is 11.6 Å². The molecule has 0 bridgehead atoms. The molecule has 6 heteroatoms. The van der Waals surface area contributed by atoms with Crippen LogP contribution in [0.4, 0.5) is 0 Å². The molecule has 1 aromatic carbocycles. The molecule has 0 N–H and O–H groups in total. The van der Waals surface area contributed by atoms with E-state index in [4.69, 9.17) is 25.2 Å². The van der Waals surface area contributed by atoms with E-state index in [0.717, 1.165) is 23.5 Å². The maximum absolute atomic E-state index is 7.39. The Morgan fingerprint density at radius 2 is 1.44 bits per heavy atom. The van der Waals surface area contributed by atoms with Crippen LogP contribution in [0.2, 0.25) is 41.3 Å². The minimum absolute atomic E-state index is 0.0335. The number of hydrogen-bond donors (Lipinski definition) is 0. The number of benzene rings is 1. The Balaban J connectivity index is 1.92. The maximum atomic E-state index is 7.39. The lowest BCUT2D eigenvalue weighted by molar-refractivity contribution is -0.0516. The number of rotatable bonds is 4. The van der Waals surface area contributed by atoms with Crippen LogP contribution in [0.15, 0.2) is 11.6 Å². The summed E-state index contributed by atoms with van der Waals surface area (Å²) in [7, 11) is -4.36.